The van der Waals surface area contributed by atoms with Crippen molar-refractivity contribution in [1.82, 2.24) is 14.8 Å². The van der Waals surface area contributed by atoms with Crippen LogP contribution >= 0.6 is 11.8 Å². The molecule has 0 radical (unpaired) electrons. The Morgan fingerprint density at radius 1 is 1.25 bits per heavy atom. The van der Waals surface area contributed by atoms with Gasteiger partial charge in [0, 0.05) is 6.54 Å². The molecule has 0 bridgehead atoms. The number of nitrogens with zero attached hydrogens (tertiary/aromatic N) is 3. The molecule has 0 spiro atoms. The Morgan fingerprint density at radius 3 is 2.58 bits per heavy atom. The van der Waals surface area contributed by atoms with E-state index in [1.807, 2.05) is 56.5 Å². The van der Waals surface area contributed by atoms with Crippen LogP contribution in [0.4, 0.5) is 0 Å². The fraction of sp³-hybridized carbons (Fsp3) is 0.471. The van der Waals surface area contributed by atoms with Crippen molar-refractivity contribution in [3.8, 4) is 5.75 Å². The summed E-state index contributed by atoms with van der Waals surface area (Å²) in [6.45, 7) is 8.75. The summed E-state index contributed by atoms with van der Waals surface area (Å²) in [5.74, 6) is 1.49. The van der Waals surface area contributed by atoms with E-state index in [0.717, 1.165) is 11.6 Å². The molecule has 0 aliphatic rings. The van der Waals surface area contributed by atoms with Crippen molar-refractivity contribution in [3.05, 3.63) is 35.7 Å². The number of carbonyl (C=O) groups excluding carboxylic acids is 1. The van der Waals surface area contributed by atoms with Crippen molar-refractivity contribution in [2.24, 2.45) is 0 Å². The van der Waals surface area contributed by atoms with Gasteiger partial charge in [0.05, 0.1) is 11.9 Å². The van der Waals surface area contributed by atoms with Gasteiger partial charge in [0.15, 0.2) is 11.0 Å². The predicted molar refractivity (Wildman–Crippen MR) is 93.2 cm³/mol. The first kappa shape index (κ1) is 18.3. The molecule has 24 heavy (non-hydrogen) atoms. The number of ether oxygens (including phenoxy) is 2. The van der Waals surface area contributed by atoms with E-state index in [1.54, 1.807) is 0 Å². The van der Waals surface area contributed by atoms with E-state index in [2.05, 4.69) is 10.2 Å². The molecule has 1 aromatic heterocycles. The van der Waals surface area contributed by atoms with Crippen LogP contribution in [0.2, 0.25) is 0 Å². The largest absolute Gasteiger partial charge is 0.486 e. The summed E-state index contributed by atoms with van der Waals surface area (Å²) in [6, 6.07) is 7.86. The Morgan fingerprint density at radius 2 is 1.96 bits per heavy atom. The summed E-state index contributed by atoms with van der Waals surface area (Å²) in [4.78, 5) is 11.6. The Kier molecular flexibility index (Phi) is 6.66. The second-order valence-corrected chi connectivity index (χ2v) is 6.51. The topological polar surface area (TPSA) is 66.2 Å². The number of hydrogen-bond donors (Lipinski definition) is 0. The first-order valence-corrected chi connectivity index (χ1v) is 8.92. The molecule has 0 saturated heterocycles. The van der Waals surface area contributed by atoms with Gasteiger partial charge >= 0.3 is 5.97 Å². The highest BCUT2D eigenvalue weighted by atomic mass is 32.2. The van der Waals surface area contributed by atoms with Gasteiger partial charge in [0.25, 0.3) is 0 Å². The highest BCUT2D eigenvalue weighted by Gasteiger charge is 2.14. The summed E-state index contributed by atoms with van der Waals surface area (Å²) in [7, 11) is 0. The van der Waals surface area contributed by atoms with Crippen LogP contribution in [0.25, 0.3) is 0 Å². The molecule has 0 unspecified atom stereocenters. The van der Waals surface area contributed by atoms with E-state index in [4.69, 9.17) is 9.47 Å². The minimum Gasteiger partial charge on any atom is -0.486 e. The maximum atomic E-state index is 11.6. The summed E-state index contributed by atoms with van der Waals surface area (Å²) in [5, 5.41) is 9.02. The van der Waals surface area contributed by atoms with Crippen LogP contribution in [0.15, 0.2) is 29.4 Å². The standard InChI is InChI=1S/C17H23N3O3S/c1-5-20-15(10-22-14-8-6-13(4)7-9-14)18-19-17(20)24-11-16(21)23-12(2)3/h6-9,12H,5,10-11H2,1-4H3. The third kappa shape index (κ3) is 5.26. The SMILES string of the molecule is CCn1c(COc2ccc(C)cc2)nnc1SCC(=O)OC(C)C. The number of carbonyl (C=O) groups is 1. The Balaban J connectivity index is 1.95. The van der Waals surface area contributed by atoms with Gasteiger partial charge in [-0.15, -0.1) is 10.2 Å². The number of thioether (sulfide) groups is 1. The molecule has 7 heteroatoms. The Bertz CT molecular complexity index is 668. The predicted octanol–water partition coefficient (Wildman–Crippen LogP) is 3.23. The smallest absolute Gasteiger partial charge is 0.316 e. The first-order valence-electron chi connectivity index (χ1n) is 7.93. The molecule has 0 aliphatic heterocycles. The van der Waals surface area contributed by atoms with Crippen molar-refractivity contribution in [2.45, 2.75) is 52.1 Å². The Hall–Kier alpha value is -2.02. The van der Waals surface area contributed by atoms with Crippen LogP contribution in [0.3, 0.4) is 0 Å². The highest BCUT2D eigenvalue weighted by Crippen LogP contribution is 2.19. The monoisotopic (exact) mass is 349 g/mol. The number of esters is 1. The van der Waals surface area contributed by atoms with Crippen LogP contribution < -0.4 is 4.74 Å². The second-order valence-electron chi connectivity index (χ2n) is 5.57. The van der Waals surface area contributed by atoms with Crippen molar-refractivity contribution >= 4 is 17.7 Å². The quantitative estimate of drug-likeness (QED) is 0.538. The number of hydrogen-bond acceptors (Lipinski definition) is 6. The molecule has 0 fully saturated rings. The van der Waals surface area contributed by atoms with Gasteiger partial charge < -0.3 is 14.0 Å². The molecule has 6 nitrogen and oxygen atoms in total. The molecule has 0 atom stereocenters. The Labute approximate surface area is 146 Å². The zero-order valence-electron chi connectivity index (χ0n) is 14.5. The maximum absolute atomic E-state index is 11.6. The molecule has 1 heterocycles. The molecule has 2 aromatic rings. The normalized spacial score (nSPS) is 10.9. The van der Waals surface area contributed by atoms with Crippen LogP contribution in [0.5, 0.6) is 5.75 Å². The lowest BCUT2D eigenvalue weighted by molar-refractivity contribution is -0.144. The summed E-state index contributed by atoms with van der Waals surface area (Å²) < 4.78 is 12.8. The summed E-state index contributed by atoms with van der Waals surface area (Å²) in [5.41, 5.74) is 1.19. The van der Waals surface area contributed by atoms with E-state index in [-0.39, 0.29) is 17.8 Å². The van der Waals surface area contributed by atoms with Crippen LogP contribution in [-0.2, 0) is 22.7 Å². The van der Waals surface area contributed by atoms with Crippen LogP contribution in [0.1, 0.15) is 32.2 Å². The van der Waals surface area contributed by atoms with Gasteiger partial charge in [-0.1, -0.05) is 29.5 Å². The molecular formula is C17H23N3O3S. The maximum Gasteiger partial charge on any atom is 0.316 e. The molecule has 130 valence electrons. The van der Waals surface area contributed by atoms with Gasteiger partial charge in [-0.25, -0.2) is 0 Å². The van der Waals surface area contributed by atoms with E-state index in [1.165, 1.54) is 17.3 Å². The van der Waals surface area contributed by atoms with Crippen molar-refractivity contribution in [3.63, 3.8) is 0 Å². The van der Waals surface area contributed by atoms with Crippen LogP contribution in [-0.4, -0.2) is 32.6 Å². The molecule has 0 N–H and O–H groups in total. The first-order chi connectivity index (χ1) is 11.5. The van der Waals surface area contributed by atoms with Crippen molar-refractivity contribution in [1.29, 1.82) is 0 Å². The lowest BCUT2D eigenvalue weighted by Gasteiger charge is -2.10. The van der Waals surface area contributed by atoms with Crippen molar-refractivity contribution in [2.75, 3.05) is 5.75 Å². The molecule has 1 aromatic carbocycles. The van der Waals surface area contributed by atoms with Gasteiger partial charge in [-0.05, 0) is 39.8 Å². The van der Waals surface area contributed by atoms with E-state index in [9.17, 15) is 4.79 Å². The van der Waals surface area contributed by atoms with E-state index < -0.39 is 0 Å². The zero-order valence-corrected chi connectivity index (χ0v) is 15.3. The van der Waals surface area contributed by atoms with Gasteiger partial charge in [-0.3, -0.25) is 4.79 Å². The number of benzene rings is 1. The lowest BCUT2D eigenvalue weighted by atomic mass is 10.2. The molecule has 0 amide bonds. The molecule has 2 rings (SSSR count). The van der Waals surface area contributed by atoms with Gasteiger partial charge in [-0.2, -0.15) is 0 Å². The molecule has 0 aliphatic carbocycles. The third-order valence-electron chi connectivity index (χ3n) is 3.18. The number of aryl methyl sites for hydroxylation is 1. The fourth-order valence-corrected chi connectivity index (χ4v) is 2.86. The van der Waals surface area contributed by atoms with Crippen molar-refractivity contribution < 1.29 is 14.3 Å². The fourth-order valence-electron chi connectivity index (χ4n) is 2.05. The average Bonchev–Trinajstić information content (AvgIpc) is 2.93. The second kappa shape index (κ2) is 8.73. The minimum absolute atomic E-state index is 0.111. The highest BCUT2D eigenvalue weighted by molar-refractivity contribution is 7.99. The summed E-state index contributed by atoms with van der Waals surface area (Å²) >= 11 is 1.33. The molecular weight excluding hydrogens is 326 g/mol. The zero-order chi connectivity index (χ0) is 17.5. The summed E-state index contributed by atoms with van der Waals surface area (Å²) in [6.07, 6.45) is -0.111. The molecule has 0 saturated carbocycles. The average molecular weight is 349 g/mol. The number of rotatable bonds is 8. The van der Waals surface area contributed by atoms with E-state index in [0.29, 0.717) is 18.3 Å². The van der Waals surface area contributed by atoms with Gasteiger partial charge in [0.2, 0.25) is 0 Å². The van der Waals surface area contributed by atoms with Gasteiger partial charge in [0.1, 0.15) is 12.4 Å². The minimum atomic E-state index is -0.252. The number of aromatic nitrogens is 3. The van der Waals surface area contributed by atoms with Crippen LogP contribution in [0, 0.1) is 6.92 Å². The van der Waals surface area contributed by atoms with E-state index >= 15 is 0 Å². The lowest BCUT2D eigenvalue weighted by Crippen LogP contribution is -2.14. The third-order valence-corrected chi connectivity index (χ3v) is 4.13.